The Balaban J connectivity index is 0.000000309. The zero-order valence-corrected chi connectivity index (χ0v) is 80.9. The molecule has 15 aromatic rings. The number of rotatable bonds is 11. The molecule has 0 saturated carbocycles. The minimum atomic E-state index is -0.125. The van der Waals surface area contributed by atoms with E-state index in [0.29, 0.717) is 0 Å². The molecule has 12 nitrogen and oxygen atoms in total. The third kappa shape index (κ3) is 32.8. The second-order valence-corrected chi connectivity index (χ2v) is 29.8. The standard InChI is InChI=1S/C24H20N.C23H18N.C21H14N.C19H18N.4C5H8O2.4Pt/c1-16-13-17(2)23(18(3)14-16)21-9-4-8-20(15-21)22-11-5-7-19-10-6-12-25-24(19)22;1-16-11-12-17(2)22(14-16)20-8-3-7-19(15-20)21-10-4-6-18-9-5-13-24-23(18)21;1-2-7-16(8-3-1)18-10-4-11-19(15-18)20-13-5-9-17-12-6-14-22-21(17)20;1-19(2,3)16-10-4-8-15(13-16)17-11-5-7-14-9-6-12-20-18(14)17;4*1-4(6)3-5(2)7;;;;/h4-7,9-15H,1-3H3;3-6,8-15H,1-2H3;1-10,12-15H;4-7,9-13H,1-3H3;4*3,6H,1-2H3;;;;/q4*-1;;;;;;;;. The van der Waals surface area contributed by atoms with Crippen molar-refractivity contribution in [3.63, 3.8) is 0 Å². The quantitative estimate of drug-likeness (QED) is 0.0543. The normalized spacial score (nSPS) is 10.8. The van der Waals surface area contributed by atoms with Crippen LogP contribution in [0, 0.1) is 58.9 Å². The number of ketones is 4. The van der Waals surface area contributed by atoms with Crippen molar-refractivity contribution in [2.75, 3.05) is 0 Å². The molecule has 0 amide bonds. The Labute approximate surface area is 782 Å². The third-order valence-electron chi connectivity index (χ3n) is 18.2. The summed E-state index contributed by atoms with van der Waals surface area (Å²) in [6, 6.07) is 102. The summed E-state index contributed by atoms with van der Waals surface area (Å²) in [5, 5.41) is 38.1. The Bertz CT molecular complexity index is 6020. The van der Waals surface area contributed by atoms with E-state index in [0.717, 1.165) is 82.7 Å². The number of aliphatic hydroxyl groups excluding tert-OH is 4. The third-order valence-corrected chi connectivity index (χ3v) is 18.2. The molecule has 0 spiro atoms. The van der Waals surface area contributed by atoms with Crippen molar-refractivity contribution >= 4 is 66.7 Å². The van der Waals surface area contributed by atoms with Gasteiger partial charge < -0.3 is 20.4 Å². The number of fused-ring (bicyclic) bond motifs is 4. The molecule has 16 heteroatoms. The molecule has 4 N–H and O–H groups in total. The first-order chi connectivity index (χ1) is 56.8. The van der Waals surface area contributed by atoms with Gasteiger partial charge in [-0.05, 0) is 175 Å². The molecule has 4 heterocycles. The van der Waals surface area contributed by atoms with Gasteiger partial charge >= 0.3 is 0 Å². The van der Waals surface area contributed by atoms with E-state index >= 15 is 0 Å². The van der Waals surface area contributed by atoms with Crippen LogP contribution >= 0.6 is 0 Å². The molecule has 0 aliphatic rings. The van der Waals surface area contributed by atoms with Crippen LogP contribution in [0.2, 0.25) is 0 Å². The monoisotopic (exact) mass is 2350 g/mol. The fraction of sp³-hybridized carbons (Fsp3) is 0.159. The molecule has 4 aromatic heterocycles. The second-order valence-electron chi connectivity index (χ2n) is 29.8. The first-order valence-electron chi connectivity index (χ1n) is 39.0. The van der Waals surface area contributed by atoms with Crippen molar-refractivity contribution in [1.82, 2.24) is 19.9 Å². The van der Waals surface area contributed by atoms with Gasteiger partial charge in [-0.15, -0.1) is 142 Å². The molecule has 11 aromatic carbocycles. The van der Waals surface area contributed by atoms with Crippen LogP contribution in [-0.2, 0) is 109 Å². The molecule has 0 aliphatic heterocycles. The van der Waals surface area contributed by atoms with Crippen molar-refractivity contribution in [1.29, 1.82) is 0 Å². The summed E-state index contributed by atoms with van der Waals surface area (Å²) in [4.78, 5) is 58.3. The van der Waals surface area contributed by atoms with Crippen LogP contribution in [0.15, 0.2) is 327 Å². The summed E-state index contributed by atoms with van der Waals surface area (Å²) in [6.07, 6.45) is 12.1. The predicted octanol–water partition coefficient (Wildman–Crippen LogP) is 26.8. The van der Waals surface area contributed by atoms with E-state index < -0.39 is 0 Å². The number of aryl methyl sites for hydroxylation is 5. The predicted molar refractivity (Wildman–Crippen MR) is 491 cm³/mol. The Morgan fingerprint density at radius 1 is 0.293 bits per heavy atom. The van der Waals surface area contributed by atoms with Gasteiger partial charge in [-0.1, -0.05) is 212 Å². The minimum absolute atomic E-state index is 0. The van der Waals surface area contributed by atoms with E-state index in [1.54, 1.807) is 0 Å². The molecule has 0 radical (unpaired) electrons. The molecule has 0 bridgehead atoms. The van der Waals surface area contributed by atoms with Gasteiger partial charge in [0.05, 0.1) is 23.0 Å². The fourth-order valence-electron chi connectivity index (χ4n) is 13.2. The summed E-state index contributed by atoms with van der Waals surface area (Å²) >= 11 is 0. The first-order valence-corrected chi connectivity index (χ1v) is 39.0. The van der Waals surface area contributed by atoms with Crippen molar-refractivity contribution in [2.45, 2.75) is 116 Å². The minimum Gasteiger partial charge on any atom is -0.512 e. The van der Waals surface area contributed by atoms with E-state index in [2.05, 4.69) is 300 Å². The summed E-state index contributed by atoms with van der Waals surface area (Å²) in [5.74, 6) is -0.250. The maximum Gasteiger partial charge on any atom is 0.155 e. The van der Waals surface area contributed by atoms with E-state index in [1.807, 2.05) is 79.4 Å². The average Bonchev–Trinajstić information content (AvgIpc) is 0.798. The van der Waals surface area contributed by atoms with Crippen LogP contribution in [0.1, 0.15) is 110 Å². The fourth-order valence-corrected chi connectivity index (χ4v) is 13.2. The zero-order chi connectivity index (χ0) is 86.3. The SMILES string of the molecule is CC(=O)C=C(C)O.CC(=O)C=C(C)O.CC(=O)C=C(C)O.CC(=O)C=C(C)O.CC(C)(C)c1cc[c-]c(-c2cccc3cccnc23)c1.Cc1cc(C)c(-c2cc[c-]c(-c3cccc4cccnc34)c2)c(C)c1.Cc1ccc(C)c(-c2cc[c-]c(-c3cccc4cccnc34)c2)c1.[Pt].[Pt].[Pt].[Pt].[c-]1ccc(-c2ccccc2)cc1-c1cccc2cccnc12. The second kappa shape index (κ2) is 51.5. The molecule has 642 valence electrons. The molecule has 0 saturated heterocycles. The van der Waals surface area contributed by atoms with Gasteiger partial charge in [0.25, 0.3) is 0 Å². The van der Waals surface area contributed by atoms with Gasteiger partial charge in [0.1, 0.15) is 0 Å². The van der Waals surface area contributed by atoms with Crippen LogP contribution in [0.25, 0.3) is 122 Å². The molecule has 15 rings (SSSR count). The van der Waals surface area contributed by atoms with Crippen molar-refractivity contribution in [3.8, 4) is 77.9 Å². The zero-order valence-electron chi connectivity index (χ0n) is 71.8. The summed E-state index contributed by atoms with van der Waals surface area (Å²) < 4.78 is 0. The van der Waals surface area contributed by atoms with Crippen LogP contribution in [0.4, 0.5) is 0 Å². The van der Waals surface area contributed by atoms with Gasteiger partial charge in [0.2, 0.25) is 0 Å². The number of pyridine rings is 4. The number of carbonyl (C=O) groups is 4. The number of allylic oxidation sites excluding steroid dienone is 8. The number of para-hydroxylation sites is 4. The van der Waals surface area contributed by atoms with Gasteiger partial charge in [0, 0.05) is 155 Å². The Kier molecular flexibility index (Phi) is 43.6. The largest absolute Gasteiger partial charge is 0.512 e. The van der Waals surface area contributed by atoms with E-state index in [9.17, 15) is 19.2 Å². The van der Waals surface area contributed by atoms with Crippen LogP contribution in [-0.4, -0.2) is 63.5 Å². The maximum absolute atomic E-state index is 10.0. The summed E-state index contributed by atoms with van der Waals surface area (Å²) in [6.45, 7) is 28.9. The summed E-state index contributed by atoms with van der Waals surface area (Å²) in [5.41, 5.74) is 28.4. The maximum atomic E-state index is 10.0. The molecule has 0 atom stereocenters. The topological polar surface area (TPSA) is 201 Å². The van der Waals surface area contributed by atoms with Gasteiger partial charge in [-0.25, -0.2) is 0 Å². The number of nitrogens with zero attached hydrogens (tertiary/aromatic N) is 4. The molecular formula is C107H102N4O8Pt4-4. The van der Waals surface area contributed by atoms with E-state index in [1.165, 1.54) is 152 Å². The van der Waals surface area contributed by atoms with Gasteiger partial charge in [-0.2, -0.15) is 0 Å². The van der Waals surface area contributed by atoms with Crippen molar-refractivity contribution < 1.29 is 124 Å². The average molecular weight is 2350 g/mol. The van der Waals surface area contributed by atoms with E-state index in [4.69, 9.17) is 20.4 Å². The Morgan fingerprint density at radius 3 is 0.935 bits per heavy atom. The number of aromatic nitrogens is 4. The summed E-state index contributed by atoms with van der Waals surface area (Å²) in [7, 11) is 0. The first kappa shape index (κ1) is 104. The van der Waals surface area contributed by atoms with Crippen LogP contribution in [0.5, 0.6) is 0 Å². The molecule has 123 heavy (non-hydrogen) atoms. The number of carbonyl (C=O) groups excluding carboxylic acids is 4. The van der Waals surface area contributed by atoms with E-state index in [-0.39, 0.29) is 136 Å². The molecular weight excluding hydrogens is 2250 g/mol. The number of hydrogen-bond donors (Lipinski definition) is 4. The number of aliphatic hydroxyl groups is 4. The molecule has 0 unspecified atom stereocenters. The van der Waals surface area contributed by atoms with Crippen molar-refractivity contribution in [2.24, 2.45) is 0 Å². The smallest absolute Gasteiger partial charge is 0.155 e. The van der Waals surface area contributed by atoms with Gasteiger partial charge in [-0.3, -0.25) is 39.1 Å². The van der Waals surface area contributed by atoms with Crippen LogP contribution in [0.3, 0.4) is 0 Å². The van der Waals surface area contributed by atoms with Crippen molar-refractivity contribution in [3.05, 3.63) is 385 Å². The number of hydrogen-bond acceptors (Lipinski definition) is 12. The van der Waals surface area contributed by atoms with Crippen LogP contribution < -0.4 is 0 Å². The Hall–Kier alpha value is -11.3. The van der Waals surface area contributed by atoms with Gasteiger partial charge in [0.15, 0.2) is 23.1 Å². The molecule has 0 fully saturated rings. The number of benzene rings is 11. The Morgan fingerprint density at radius 2 is 0.602 bits per heavy atom. The molecule has 0 aliphatic carbocycles.